The van der Waals surface area contributed by atoms with Crippen LogP contribution >= 0.6 is 0 Å². The Morgan fingerprint density at radius 3 is 2.87 bits per heavy atom. The fourth-order valence-corrected chi connectivity index (χ4v) is 3.21. The molecule has 3 aromatic rings. The molecule has 30 heavy (non-hydrogen) atoms. The molecule has 0 unspecified atom stereocenters. The number of rotatable bonds is 7. The Labute approximate surface area is 173 Å². The normalized spacial score (nSPS) is 14.0. The number of nitrogens with zero attached hydrogens (tertiary/aromatic N) is 2. The second-order valence-corrected chi connectivity index (χ2v) is 7.48. The molecule has 156 valence electrons. The van der Waals surface area contributed by atoms with Gasteiger partial charge in [0.1, 0.15) is 11.4 Å². The molecule has 8 heteroatoms. The molecule has 0 bridgehead atoms. The summed E-state index contributed by atoms with van der Waals surface area (Å²) in [5.41, 5.74) is 1.50. The Morgan fingerprint density at radius 1 is 1.20 bits per heavy atom. The van der Waals surface area contributed by atoms with Gasteiger partial charge in [-0.2, -0.15) is 4.98 Å². The number of carbonyl (C=O) groups is 1. The zero-order chi connectivity index (χ0) is 21.1. The van der Waals surface area contributed by atoms with Gasteiger partial charge in [-0.1, -0.05) is 29.4 Å². The first kappa shape index (κ1) is 19.8. The van der Waals surface area contributed by atoms with E-state index in [2.05, 4.69) is 10.1 Å². The minimum atomic E-state index is -0.550. The smallest absolute Gasteiger partial charge is 0.344 e. The molecule has 1 aliphatic rings. The highest BCUT2D eigenvalue weighted by Gasteiger charge is 2.32. The highest BCUT2D eigenvalue weighted by Crippen LogP contribution is 2.41. The number of aromatic nitrogens is 2. The lowest BCUT2D eigenvalue weighted by atomic mass is 10.0. The third-order valence-corrected chi connectivity index (χ3v) is 4.55. The Hall–Kier alpha value is -3.55. The van der Waals surface area contributed by atoms with Crippen LogP contribution in [0.5, 0.6) is 17.2 Å². The average Bonchev–Trinajstić information content (AvgIpc) is 3.33. The number of methoxy groups -OCH3 is 1. The van der Waals surface area contributed by atoms with E-state index in [0.29, 0.717) is 23.1 Å². The van der Waals surface area contributed by atoms with Gasteiger partial charge < -0.3 is 23.5 Å². The molecule has 0 saturated carbocycles. The van der Waals surface area contributed by atoms with Crippen LogP contribution in [0.1, 0.15) is 25.3 Å². The van der Waals surface area contributed by atoms with Gasteiger partial charge in [0, 0.05) is 17.5 Å². The van der Waals surface area contributed by atoms with E-state index in [9.17, 15) is 4.79 Å². The minimum Gasteiger partial charge on any atom is -0.497 e. The molecule has 0 aliphatic carbocycles. The molecule has 0 saturated heterocycles. The molecular formula is C22H22N2O6. The summed E-state index contributed by atoms with van der Waals surface area (Å²) in [7, 11) is 1.58. The topological polar surface area (TPSA) is 92.9 Å². The summed E-state index contributed by atoms with van der Waals surface area (Å²) in [6.45, 7) is 3.62. The van der Waals surface area contributed by atoms with E-state index in [1.165, 1.54) is 0 Å². The maximum absolute atomic E-state index is 12.1. The molecule has 8 nitrogen and oxygen atoms in total. The minimum absolute atomic E-state index is 0.143. The van der Waals surface area contributed by atoms with Crippen molar-refractivity contribution in [3.8, 4) is 28.6 Å². The predicted octanol–water partition coefficient (Wildman–Crippen LogP) is 3.58. The Bertz CT molecular complexity index is 1060. The summed E-state index contributed by atoms with van der Waals surface area (Å²) in [4.78, 5) is 16.3. The van der Waals surface area contributed by atoms with Gasteiger partial charge in [0.25, 0.3) is 5.89 Å². The highest BCUT2D eigenvalue weighted by atomic mass is 16.6. The fraction of sp³-hybridized carbons (Fsp3) is 0.318. The van der Waals surface area contributed by atoms with Crippen LogP contribution in [0, 0.1) is 0 Å². The molecule has 4 rings (SSSR count). The van der Waals surface area contributed by atoms with Gasteiger partial charge in [-0.05, 0) is 32.0 Å². The van der Waals surface area contributed by atoms with Crippen LogP contribution < -0.4 is 14.2 Å². The summed E-state index contributed by atoms with van der Waals surface area (Å²) in [5.74, 6) is 1.90. The van der Waals surface area contributed by atoms with Crippen molar-refractivity contribution in [2.45, 2.75) is 32.5 Å². The number of esters is 1. The zero-order valence-electron chi connectivity index (χ0n) is 17.0. The zero-order valence-corrected chi connectivity index (χ0v) is 17.0. The molecule has 0 fully saturated rings. The van der Waals surface area contributed by atoms with Crippen molar-refractivity contribution in [1.82, 2.24) is 10.1 Å². The predicted molar refractivity (Wildman–Crippen MR) is 106 cm³/mol. The second-order valence-electron chi connectivity index (χ2n) is 7.48. The van der Waals surface area contributed by atoms with Crippen molar-refractivity contribution in [2.75, 3.05) is 13.7 Å². The Kier molecular flexibility index (Phi) is 5.31. The van der Waals surface area contributed by atoms with Crippen LogP contribution in [-0.2, 0) is 22.6 Å². The number of carbonyl (C=O) groups excluding carboxylic acids is 1. The van der Waals surface area contributed by atoms with Gasteiger partial charge in [0.2, 0.25) is 5.82 Å². The first-order chi connectivity index (χ1) is 14.4. The lowest BCUT2D eigenvalue weighted by Gasteiger charge is -2.18. The second kappa shape index (κ2) is 8.06. The molecular weight excluding hydrogens is 388 g/mol. The van der Waals surface area contributed by atoms with Crippen LogP contribution in [0.25, 0.3) is 11.4 Å². The Balaban J connectivity index is 1.31. The largest absolute Gasteiger partial charge is 0.497 e. The summed E-state index contributed by atoms with van der Waals surface area (Å²) in [6.07, 6.45) is 0.788. The molecule has 1 aliphatic heterocycles. The third-order valence-electron chi connectivity index (χ3n) is 4.55. The Morgan fingerprint density at radius 2 is 2.03 bits per heavy atom. The van der Waals surface area contributed by atoms with Crippen molar-refractivity contribution < 1.29 is 28.3 Å². The summed E-state index contributed by atoms with van der Waals surface area (Å²) >= 11 is 0. The number of hydrogen-bond donors (Lipinski definition) is 0. The van der Waals surface area contributed by atoms with Crippen LogP contribution in [0.3, 0.4) is 0 Å². The molecule has 0 spiro atoms. The van der Waals surface area contributed by atoms with E-state index >= 15 is 0 Å². The van der Waals surface area contributed by atoms with Gasteiger partial charge in [0.15, 0.2) is 24.7 Å². The SMILES string of the molecule is COc1cccc(-c2noc(COC(=O)COc3cccc4c3OC(C)(C)C4)n2)c1. The van der Waals surface area contributed by atoms with E-state index in [1.807, 2.05) is 44.2 Å². The van der Waals surface area contributed by atoms with E-state index in [1.54, 1.807) is 19.2 Å². The summed E-state index contributed by atoms with van der Waals surface area (Å²) < 4.78 is 27.1. The average molecular weight is 410 g/mol. The molecule has 2 aromatic carbocycles. The van der Waals surface area contributed by atoms with Crippen molar-refractivity contribution in [3.63, 3.8) is 0 Å². The molecule has 0 N–H and O–H groups in total. The molecule has 0 atom stereocenters. The van der Waals surface area contributed by atoms with Crippen LogP contribution in [0.15, 0.2) is 47.0 Å². The van der Waals surface area contributed by atoms with E-state index in [4.69, 9.17) is 23.5 Å². The standard InChI is InChI=1S/C22H22N2O6/c1-22(2)11-15-7-5-9-17(20(15)29-22)27-13-19(25)28-12-18-23-21(24-30-18)14-6-4-8-16(10-14)26-3/h4-10H,11-13H2,1-3H3. The van der Waals surface area contributed by atoms with Gasteiger partial charge in [-0.3, -0.25) is 0 Å². The number of fused-ring (bicyclic) bond motifs is 1. The van der Waals surface area contributed by atoms with Gasteiger partial charge >= 0.3 is 5.97 Å². The summed E-state index contributed by atoms with van der Waals surface area (Å²) in [5, 5.41) is 3.91. The third kappa shape index (κ3) is 4.37. The van der Waals surface area contributed by atoms with E-state index in [0.717, 1.165) is 17.5 Å². The van der Waals surface area contributed by atoms with E-state index in [-0.39, 0.29) is 24.7 Å². The van der Waals surface area contributed by atoms with Crippen molar-refractivity contribution in [1.29, 1.82) is 0 Å². The first-order valence-corrected chi connectivity index (χ1v) is 9.50. The number of para-hydroxylation sites is 1. The van der Waals surface area contributed by atoms with Crippen molar-refractivity contribution >= 4 is 5.97 Å². The molecule has 1 aromatic heterocycles. The lowest BCUT2D eigenvalue weighted by molar-refractivity contribution is -0.148. The maximum Gasteiger partial charge on any atom is 0.344 e. The monoisotopic (exact) mass is 410 g/mol. The summed E-state index contributed by atoms with van der Waals surface area (Å²) in [6, 6.07) is 12.9. The number of hydrogen-bond acceptors (Lipinski definition) is 8. The van der Waals surface area contributed by atoms with Crippen LogP contribution in [-0.4, -0.2) is 35.4 Å². The van der Waals surface area contributed by atoms with Crippen LogP contribution in [0.2, 0.25) is 0 Å². The van der Waals surface area contributed by atoms with Crippen molar-refractivity contribution in [3.05, 3.63) is 53.9 Å². The highest BCUT2D eigenvalue weighted by molar-refractivity contribution is 5.71. The maximum atomic E-state index is 12.1. The van der Waals surface area contributed by atoms with Gasteiger partial charge in [-0.15, -0.1) is 0 Å². The lowest BCUT2D eigenvalue weighted by Crippen LogP contribution is -2.24. The van der Waals surface area contributed by atoms with Gasteiger partial charge in [0.05, 0.1) is 7.11 Å². The van der Waals surface area contributed by atoms with Crippen LogP contribution in [0.4, 0.5) is 0 Å². The number of benzene rings is 2. The van der Waals surface area contributed by atoms with E-state index < -0.39 is 5.97 Å². The first-order valence-electron chi connectivity index (χ1n) is 9.50. The van der Waals surface area contributed by atoms with Gasteiger partial charge in [-0.25, -0.2) is 4.79 Å². The van der Waals surface area contributed by atoms with Crippen molar-refractivity contribution in [2.24, 2.45) is 0 Å². The fourth-order valence-electron chi connectivity index (χ4n) is 3.21. The molecule has 2 heterocycles. The molecule has 0 radical (unpaired) electrons. The number of ether oxygens (including phenoxy) is 4. The quantitative estimate of drug-likeness (QED) is 0.546. The molecule has 0 amide bonds.